The fourth-order valence-corrected chi connectivity index (χ4v) is 4.43. The van der Waals surface area contributed by atoms with Gasteiger partial charge in [0.25, 0.3) is 0 Å². The predicted octanol–water partition coefficient (Wildman–Crippen LogP) is 3.75. The van der Waals surface area contributed by atoms with Gasteiger partial charge in [0.15, 0.2) is 0 Å². The molecule has 5 rings (SSSR count). The van der Waals surface area contributed by atoms with E-state index in [-0.39, 0.29) is 6.03 Å². The number of carbonyl (C=O) groups excluding carboxylic acids is 1. The smallest absolute Gasteiger partial charge is 0.319 e. The number of amides is 2. The van der Waals surface area contributed by atoms with Crippen molar-refractivity contribution in [2.75, 3.05) is 45.7 Å². The van der Waals surface area contributed by atoms with Gasteiger partial charge in [0.1, 0.15) is 19.6 Å². The molecule has 3 saturated heterocycles. The molecule has 4 heterocycles. The molecular weight excluding hydrogens is 380 g/mol. The molecule has 0 saturated carbocycles. The SMILES string of the molecule is CCc1sc(C)nc1-c1ccccc1.CCl.NC(=O)[N+]12CCN(CC1)CC2. The molecule has 27 heavy (non-hydrogen) atoms. The number of halogens is 1. The van der Waals surface area contributed by atoms with Gasteiger partial charge in [-0.25, -0.2) is 14.3 Å². The Morgan fingerprint density at radius 1 is 1.19 bits per heavy atom. The van der Waals surface area contributed by atoms with Crippen LogP contribution in [0, 0.1) is 6.92 Å². The van der Waals surface area contributed by atoms with Crippen LogP contribution in [0.5, 0.6) is 0 Å². The van der Waals surface area contributed by atoms with Gasteiger partial charge in [-0.2, -0.15) is 0 Å². The first-order chi connectivity index (χ1) is 13.0. The number of aryl methyl sites for hydroxylation is 2. The molecule has 1 aromatic heterocycles. The second-order valence-electron chi connectivity index (χ2n) is 6.72. The van der Waals surface area contributed by atoms with E-state index in [1.807, 2.05) is 6.07 Å². The molecular formula is C20H30ClN4OS+. The number of aromatic nitrogens is 1. The molecule has 0 unspecified atom stereocenters. The lowest BCUT2D eigenvalue weighted by Crippen LogP contribution is -2.70. The summed E-state index contributed by atoms with van der Waals surface area (Å²) < 4.78 is 0.538. The minimum absolute atomic E-state index is 0.135. The third-order valence-corrected chi connectivity index (χ3v) is 6.29. The van der Waals surface area contributed by atoms with Crippen LogP contribution in [0.1, 0.15) is 16.8 Å². The summed E-state index contributed by atoms with van der Waals surface area (Å²) >= 11 is 6.44. The van der Waals surface area contributed by atoms with Crippen molar-refractivity contribution in [1.29, 1.82) is 0 Å². The molecule has 7 heteroatoms. The highest BCUT2D eigenvalue weighted by molar-refractivity contribution is 7.12. The van der Waals surface area contributed by atoms with Gasteiger partial charge in [0.2, 0.25) is 0 Å². The van der Waals surface area contributed by atoms with Crippen LogP contribution in [-0.4, -0.2) is 66.0 Å². The fraction of sp³-hybridized carbons (Fsp3) is 0.500. The van der Waals surface area contributed by atoms with Gasteiger partial charge < -0.3 is 5.73 Å². The van der Waals surface area contributed by atoms with Crippen LogP contribution in [0.4, 0.5) is 4.79 Å². The normalized spacial score (nSPS) is 22.9. The Kier molecular flexibility index (Phi) is 8.23. The molecule has 2 amide bonds. The van der Waals surface area contributed by atoms with Gasteiger partial charge >= 0.3 is 6.03 Å². The first kappa shape index (κ1) is 21.8. The maximum Gasteiger partial charge on any atom is 0.414 e. The van der Waals surface area contributed by atoms with Crippen molar-refractivity contribution in [3.8, 4) is 11.3 Å². The number of thiazole rings is 1. The summed E-state index contributed by atoms with van der Waals surface area (Å²) in [6.45, 7) is 10.2. The lowest BCUT2D eigenvalue weighted by Gasteiger charge is -2.47. The molecule has 5 nitrogen and oxygen atoms in total. The Labute approximate surface area is 171 Å². The number of urea groups is 1. The molecule has 0 atom stereocenters. The van der Waals surface area contributed by atoms with E-state index in [0.29, 0.717) is 4.48 Å². The molecule has 0 spiro atoms. The zero-order chi connectivity index (χ0) is 19.9. The van der Waals surface area contributed by atoms with Gasteiger partial charge in [0.05, 0.1) is 10.7 Å². The average Bonchev–Trinajstić information content (AvgIpc) is 3.13. The van der Waals surface area contributed by atoms with E-state index in [0.717, 1.165) is 56.4 Å². The summed E-state index contributed by atoms with van der Waals surface area (Å²) in [7, 11) is 0. The first-order valence-electron chi connectivity index (χ1n) is 9.32. The maximum atomic E-state index is 11.1. The van der Waals surface area contributed by atoms with Crippen LogP contribution in [0.2, 0.25) is 0 Å². The number of primary amides is 1. The van der Waals surface area contributed by atoms with Gasteiger partial charge in [-0.15, -0.1) is 22.9 Å². The highest BCUT2D eigenvalue weighted by Gasteiger charge is 2.43. The number of nitrogens with two attached hydrogens (primary N) is 1. The van der Waals surface area contributed by atoms with Crippen LogP contribution in [0.15, 0.2) is 30.3 Å². The number of nitrogens with zero attached hydrogens (tertiary/aromatic N) is 3. The first-order valence-corrected chi connectivity index (χ1v) is 10.9. The number of fused-ring (bicyclic) bond motifs is 3. The molecule has 3 aliphatic heterocycles. The highest BCUT2D eigenvalue weighted by atomic mass is 35.5. The van der Waals surface area contributed by atoms with Crippen molar-refractivity contribution < 1.29 is 9.28 Å². The van der Waals surface area contributed by atoms with Crippen LogP contribution in [0.3, 0.4) is 0 Å². The highest BCUT2D eigenvalue weighted by Crippen LogP contribution is 2.27. The third-order valence-electron chi connectivity index (χ3n) is 5.17. The molecule has 3 aliphatic rings. The summed E-state index contributed by atoms with van der Waals surface area (Å²) in [5, 5.41) is 1.15. The van der Waals surface area contributed by atoms with Crippen LogP contribution < -0.4 is 5.73 Å². The second-order valence-corrected chi connectivity index (χ2v) is 8.01. The van der Waals surface area contributed by atoms with E-state index < -0.39 is 0 Å². The molecule has 0 aliphatic carbocycles. The van der Waals surface area contributed by atoms with E-state index in [1.54, 1.807) is 11.3 Å². The van der Waals surface area contributed by atoms with Crippen LogP contribution in [0.25, 0.3) is 11.3 Å². The largest absolute Gasteiger partial charge is 0.414 e. The molecule has 2 aromatic rings. The van der Waals surface area contributed by atoms with Crippen molar-refractivity contribution in [3.63, 3.8) is 0 Å². The number of hydrogen-bond acceptors (Lipinski definition) is 4. The van der Waals surface area contributed by atoms with Crippen LogP contribution in [-0.2, 0) is 6.42 Å². The van der Waals surface area contributed by atoms with Crippen molar-refractivity contribution in [3.05, 3.63) is 40.2 Å². The summed E-state index contributed by atoms with van der Waals surface area (Å²) in [4.78, 5) is 19.5. The average molecular weight is 410 g/mol. The van der Waals surface area contributed by atoms with Gasteiger partial charge in [-0.05, 0) is 13.3 Å². The Morgan fingerprint density at radius 3 is 2.19 bits per heavy atom. The zero-order valence-corrected chi connectivity index (χ0v) is 18.0. The molecule has 1 aromatic carbocycles. The molecule has 2 N–H and O–H groups in total. The summed E-state index contributed by atoms with van der Waals surface area (Å²) in [6, 6.07) is 10.3. The number of carbonyl (C=O) groups is 1. The van der Waals surface area contributed by atoms with Gasteiger partial charge in [-0.3, -0.25) is 4.90 Å². The van der Waals surface area contributed by atoms with E-state index in [1.165, 1.54) is 16.8 Å². The quantitative estimate of drug-likeness (QED) is 0.607. The van der Waals surface area contributed by atoms with Gasteiger partial charge in [-0.1, -0.05) is 37.3 Å². The maximum absolute atomic E-state index is 11.1. The van der Waals surface area contributed by atoms with E-state index in [4.69, 9.17) is 5.73 Å². The molecule has 0 radical (unpaired) electrons. The van der Waals surface area contributed by atoms with Gasteiger partial charge in [0, 0.05) is 36.5 Å². The minimum atomic E-state index is -0.135. The van der Waals surface area contributed by atoms with E-state index in [2.05, 4.69) is 59.6 Å². The van der Waals surface area contributed by atoms with Crippen LogP contribution >= 0.6 is 22.9 Å². The Balaban J connectivity index is 0.000000181. The molecule has 2 bridgehead atoms. The van der Waals surface area contributed by atoms with Crippen molar-refractivity contribution in [1.82, 2.24) is 9.88 Å². The van der Waals surface area contributed by atoms with Crippen molar-refractivity contribution in [2.24, 2.45) is 5.73 Å². The van der Waals surface area contributed by atoms with E-state index in [9.17, 15) is 4.79 Å². The predicted molar refractivity (Wildman–Crippen MR) is 114 cm³/mol. The van der Waals surface area contributed by atoms with E-state index >= 15 is 0 Å². The minimum Gasteiger partial charge on any atom is -0.319 e. The number of hydrogen-bond donors (Lipinski definition) is 1. The number of quaternary nitrogens is 1. The Morgan fingerprint density at radius 2 is 1.74 bits per heavy atom. The lowest BCUT2D eigenvalue weighted by atomic mass is 10.1. The number of piperazine rings is 3. The monoisotopic (exact) mass is 409 g/mol. The Hall–Kier alpha value is -1.47. The molecule has 148 valence electrons. The molecule has 3 fully saturated rings. The zero-order valence-electron chi connectivity index (χ0n) is 16.4. The summed E-state index contributed by atoms with van der Waals surface area (Å²) in [5.41, 5.74) is 7.74. The summed E-state index contributed by atoms with van der Waals surface area (Å²) in [6.07, 6.45) is 2.54. The summed E-state index contributed by atoms with van der Waals surface area (Å²) in [5.74, 6) is 0. The standard InChI is InChI=1S/C12H13NS.C7H13N3O.CH3Cl/c1-3-11-12(13-9(2)14-11)10-7-5-4-6-8-10;8-7(11)10-4-1-9(2-5-10)3-6-10;1-2/h4-8H,3H2,1-2H3;1-6H2,(H-,8,11);1H3/p+1. The number of rotatable bonds is 2. The van der Waals surface area contributed by atoms with Crippen molar-refractivity contribution >= 4 is 29.0 Å². The third kappa shape index (κ3) is 5.29. The lowest BCUT2D eigenvalue weighted by molar-refractivity contribution is -0.864. The second kappa shape index (κ2) is 10.2. The Bertz CT molecular complexity index is 713. The number of benzene rings is 1. The fourth-order valence-electron chi connectivity index (χ4n) is 3.53. The topological polar surface area (TPSA) is 59.2 Å². The number of alkyl halides is 1. The van der Waals surface area contributed by atoms with Crippen molar-refractivity contribution in [2.45, 2.75) is 20.3 Å².